The molecule has 0 amide bonds. The first-order valence-corrected chi connectivity index (χ1v) is 15.0. The van der Waals surface area contributed by atoms with Crippen LogP contribution in [0.3, 0.4) is 0 Å². The molecule has 0 saturated heterocycles. The molecule has 0 aliphatic heterocycles. The Bertz CT molecular complexity index is 1790. The van der Waals surface area contributed by atoms with Gasteiger partial charge in [-0.3, -0.25) is 4.57 Å². The van der Waals surface area contributed by atoms with E-state index in [0.717, 1.165) is 16.8 Å². The highest BCUT2D eigenvalue weighted by Crippen LogP contribution is 2.39. The molecular formula is C32H30Cl2FN5O3S. The van der Waals surface area contributed by atoms with Gasteiger partial charge < -0.3 is 20.9 Å². The van der Waals surface area contributed by atoms with E-state index < -0.39 is 17.2 Å². The van der Waals surface area contributed by atoms with Crippen LogP contribution in [-0.4, -0.2) is 42.2 Å². The number of nitrogens with two attached hydrogens (primary N) is 2. The number of imidazole rings is 1. The topological polar surface area (TPSA) is 118 Å². The predicted octanol–water partition coefficient (Wildman–Crippen LogP) is 6.36. The molecule has 0 aliphatic carbocycles. The molecule has 8 nitrogen and oxygen atoms in total. The Morgan fingerprint density at radius 2 is 1.86 bits per heavy atom. The fourth-order valence-electron chi connectivity index (χ4n) is 4.43. The highest BCUT2D eigenvalue weighted by atomic mass is 35.5. The van der Waals surface area contributed by atoms with Crippen LogP contribution in [0.1, 0.15) is 46.6 Å². The monoisotopic (exact) mass is 653 g/mol. The van der Waals surface area contributed by atoms with Crippen LogP contribution in [0.2, 0.25) is 10.0 Å². The third-order valence-corrected chi connectivity index (χ3v) is 8.59. The molecule has 0 radical (unpaired) electrons. The summed E-state index contributed by atoms with van der Waals surface area (Å²) >= 11 is 14.0. The Morgan fingerprint density at radius 3 is 2.55 bits per heavy atom. The molecule has 1 heterocycles. The van der Waals surface area contributed by atoms with E-state index in [0.29, 0.717) is 37.8 Å². The zero-order valence-corrected chi connectivity index (χ0v) is 26.8. The number of nitrogens with zero attached hydrogens (tertiary/aromatic N) is 3. The molecule has 1 aromatic heterocycles. The zero-order chi connectivity index (χ0) is 32.0. The Kier molecular flexibility index (Phi) is 10.5. The van der Waals surface area contributed by atoms with Gasteiger partial charge in [-0.2, -0.15) is 0 Å². The van der Waals surface area contributed by atoms with Gasteiger partial charge in [-0.05, 0) is 47.5 Å². The van der Waals surface area contributed by atoms with E-state index in [2.05, 4.69) is 16.8 Å². The lowest BCUT2D eigenvalue weighted by Crippen LogP contribution is -2.23. The van der Waals surface area contributed by atoms with Crippen molar-refractivity contribution in [3.63, 3.8) is 0 Å². The van der Waals surface area contributed by atoms with Gasteiger partial charge in [-0.1, -0.05) is 72.8 Å². The molecule has 44 heavy (non-hydrogen) atoms. The van der Waals surface area contributed by atoms with Gasteiger partial charge in [-0.25, -0.2) is 19.2 Å². The standard InChI is InChI=1S/C32H30Cl2FN5O3S/c1-32(2,21-9-11-24(33)25(34)15-21)28-17-39-31(40(28)22-10-12-26(35)27(16-22)42-3)44-18-19-7-8-20(6-5-13-38-30(36)37)23(14-19)29(41)43-4/h7-12,14-17H,13,18H2,1-4H3,(H4,36,37,38). The number of halogens is 3. The minimum atomic E-state index is -0.585. The van der Waals surface area contributed by atoms with E-state index in [9.17, 15) is 9.18 Å². The van der Waals surface area contributed by atoms with Crippen molar-refractivity contribution < 1.29 is 18.7 Å². The number of ether oxygens (including phenoxy) is 2. The van der Waals surface area contributed by atoms with Crippen molar-refractivity contribution >= 4 is 46.9 Å². The van der Waals surface area contributed by atoms with E-state index in [1.165, 1.54) is 32.0 Å². The van der Waals surface area contributed by atoms with Gasteiger partial charge >= 0.3 is 5.97 Å². The Hall–Kier alpha value is -4.17. The summed E-state index contributed by atoms with van der Waals surface area (Å²) in [5.74, 6) is 5.24. The molecule has 228 valence electrons. The summed E-state index contributed by atoms with van der Waals surface area (Å²) < 4.78 is 26.6. The Balaban J connectivity index is 1.74. The van der Waals surface area contributed by atoms with E-state index in [-0.39, 0.29) is 18.3 Å². The lowest BCUT2D eigenvalue weighted by atomic mass is 9.81. The van der Waals surface area contributed by atoms with Gasteiger partial charge in [0.25, 0.3) is 0 Å². The Labute approximate surface area is 269 Å². The minimum absolute atomic E-state index is 0.0687. The summed E-state index contributed by atoms with van der Waals surface area (Å²) in [6.45, 7) is 4.19. The number of aliphatic imine (C=N–C) groups is 1. The molecule has 0 unspecified atom stereocenters. The summed E-state index contributed by atoms with van der Waals surface area (Å²) in [5, 5.41) is 1.53. The number of carbonyl (C=O) groups excluding carboxylic acids is 1. The molecule has 0 saturated carbocycles. The second-order valence-corrected chi connectivity index (χ2v) is 11.8. The summed E-state index contributed by atoms with van der Waals surface area (Å²) in [6.07, 6.45) is 1.79. The fourth-order valence-corrected chi connectivity index (χ4v) is 5.66. The summed E-state index contributed by atoms with van der Waals surface area (Å²) in [4.78, 5) is 21.2. The van der Waals surface area contributed by atoms with E-state index in [4.69, 9.17) is 49.1 Å². The number of benzene rings is 3. The second-order valence-electron chi connectivity index (χ2n) is 10.0. The van der Waals surface area contributed by atoms with Crippen molar-refractivity contribution in [1.29, 1.82) is 0 Å². The van der Waals surface area contributed by atoms with Crippen LogP contribution in [0, 0.1) is 17.7 Å². The van der Waals surface area contributed by atoms with Gasteiger partial charge in [0.2, 0.25) is 0 Å². The molecule has 4 rings (SSSR count). The van der Waals surface area contributed by atoms with E-state index >= 15 is 0 Å². The lowest BCUT2D eigenvalue weighted by molar-refractivity contribution is 0.0600. The van der Waals surface area contributed by atoms with Crippen molar-refractivity contribution in [3.05, 3.63) is 105 Å². The number of carbonyl (C=O) groups is 1. The summed E-state index contributed by atoms with van der Waals surface area (Å²) in [5.41, 5.74) is 14.2. The molecule has 0 bridgehead atoms. The molecule has 0 spiro atoms. The average molecular weight is 655 g/mol. The van der Waals surface area contributed by atoms with Gasteiger partial charge in [0.15, 0.2) is 22.7 Å². The smallest absolute Gasteiger partial charge is 0.339 e. The lowest BCUT2D eigenvalue weighted by Gasteiger charge is -2.28. The highest BCUT2D eigenvalue weighted by molar-refractivity contribution is 7.98. The number of aromatic nitrogens is 2. The predicted molar refractivity (Wildman–Crippen MR) is 174 cm³/mol. The first-order valence-electron chi connectivity index (χ1n) is 13.2. The fraction of sp³-hybridized carbons (Fsp3) is 0.219. The number of guanidine groups is 1. The average Bonchev–Trinajstić information content (AvgIpc) is 3.44. The van der Waals surface area contributed by atoms with Crippen LogP contribution in [0.15, 0.2) is 70.9 Å². The van der Waals surface area contributed by atoms with Gasteiger partial charge in [0.05, 0.1) is 47.4 Å². The SMILES string of the molecule is COC(=O)c1cc(CSc2ncc(C(C)(C)c3ccc(Cl)c(Cl)c3)n2-c2ccc(F)c(OC)c2)ccc1C#CCN=C(N)N. The normalized spacial score (nSPS) is 11.0. The van der Waals surface area contributed by atoms with Gasteiger partial charge in [0.1, 0.15) is 6.54 Å². The third kappa shape index (κ3) is 7.30. The van der Waals surface area contributed by atoms with E-state index in [1.807, 2.05) is 36.6 Å². The second kappa shape index (κ2) is 14.1. The number of methoxy groups -OCH3 is 2. The van der Waals surface area contributed by atoms with Crippen molar-refractivity contribution in [1.82, 2.24) is 9.55 Å². The van der Waals surface area contributed by atoms with Crippen LogP contribution in [0.25, 0.3) is 5.69 Å². The van der Waals surface area contributed by atoms with E-state index in [1.54, 1.807) is 36.5 Å². The minimum Gasteiger partial charge on any atom is -0.494 e. The molecule has 0 atom stereocenters. The maximum atomic E-state index is 14.4. The number of esters is 1. The summed E-state index contributed by atoms with van der Waals surface area (Å²) in [7, 11) is 2.73. The summed E-state index contributed by atoms with van der Waals surface area (Å²) in [6, 6.07) is 15.5. The molecule has 3 aromatic carbocycles. The van der Waals surface area contributed by atoms with Crippen LogP contribution in [0.5, 0.6) is 5.75 Å². The number of thioether (sulfide) groups is 1. The maximum Gasteiger partial charge on any atom is 0.339 e. The van der Waals surface area contributed by atoms with Crippen LogP contribution in [-0.2, 0) is 15.9 Å². The maximum absolute atomic E-state index is 14.4. The highest BCUT2D eigenvalue weighted by Gasteiger charge is 2.30. The molecule has 0 aliphatic rings. The third-order valence-electron chi connectivity index (χ3n) is 6.82. The molecular weight excluding hydrogens is 624 g/mol. The number of hydrogen-bond donors (Lipinski definition) is 2. The molecule has 4 aromatic rings. The molecule has 12 heteroatoms. The Morgan fingerprint density at radius 1 is 1.09 bits per heavy atom. The first-order chi connectivity index (χ1) is 21.0. The van der Waals surface area contributed by atoms with Crippen LogP contribution in [0.4, 0.5) is 4.39 Å². The van der Waals surface area contributed by atoms with Crippen molar-refractivity contribution in [2.24, 2.45) is 16.5 Å². The number of rotatable bonds is 9. The first kappa shape index (κ1) is 32.7. The van der Waals surface area contributed by atoms with Crippen LogP contribution >= 0.6 is 35.0 Å². The van der Waals surface area contributed by atoms with Gasteiger partial charge in [-0.15, -0.1) is 0 Å². The number of hydrogen-bond acceptors (Lipinski definition) is 6. The van der Waals surface area contributed by atoms with Crippen LogP contribution < -0.4 is 16.2 Å². The molecule has 0 fully saturated rings. The van der Waals surface area contributed by atoms with Crippen molar-refractivity contribution in [2.75, 3.05) is 20.8 Å². The van der Waals surface area contributed by atoms with Crippen molar-refractivity contribution in [2.45, 2.75) is 30.2 Å². The van der Waals surface area contributed by atoms with Crippen molar-refractivity contribution in [3.8, 4) is 23.3 Å². The van der Waals surface area contributed by atoms with Gasteiger partial charge in [0, 0.05) is 22.8 Å². The molecule has 4 N–H and O–H groups in total. The largest absolute Gasteiger partial charge is 0.494 e. The zero-order valence-electron chi connectivity index (χ0n) is 24.5. The quantitative estimate of drug-likeness (QED) is 0.0710.